The summed E-state index contributed by atoms with van der Waals surface area (Å²) >= 11 is 0. The minimum absolute atomic E-state index is 0.0758. The van der Waals surface area contributed by atoms with E-state index in [1.807, 2.05) is 12.1 Å². The maximum Gasteiger partial charge on any atom is 0.123 e. The van der Waals surface area contributed by atoms with Crippen molar-refractivity contribution in [3.8, 4) is 0 Å². The van der Waals surface area contributed by atoms with Gasteiger partial charge in [-0.05, 0) is 30.0 Å². The number of aliphatic hydroxyl groups excluding tert-OH is 1. The average Bonchev–Trinajstić information content (AvgIpc) is 2.40. The molecule has 2 nitrogen and oxygen atoms in total. The Morgan fingerprint density at radius 2 is 1.84 bits per heavy atom. The lowest BCUT2D eigenvalue weighted by Crippen LogP contribution is -2.39. The van der Waals surface area contributed by atoms with Crippen LogP contribution in [0.1, 0.15) is 51.6 Å². The van der Waals surface area contributed by atoms with Gasteiger partial charge in [0.05, 0.1) is 6.61 Å². The smallest absolute Gasteiger partial charge is 0.123 e. The van der Waals surface area contributed by atoms with Gasteiger partial charge in [-0.1, -0.05) is 45.7 Å². The minimum Gasteiger partial charge on any atom is -0.395 e. The first-order chi connectivity index (χ1) is 9.08. The summed E-state index contributed by atoms with van der Waals surface area (Å²) in [6.45, 7) is 6.47. The highest BCUT2D eigenvalue weighted by atomic mass is 19.1. The largest absolute Gasteiger partial charge is 0.395 e. The maximum absolute atomic E-state index is 13.0. The number of halogens is 1. The molecule has 108 valence electrons. The van der Waals surface area contributed by atoms with Crippen LogP contribution in [0, 0.1) is 11.7 Å². The first-order valence-electron chi connectivity index (χ1n) is 7.20. The number of hydrogen-bond acceptors (Lipinski definition) is 2. The van der Waals surface area contributed by atoms with E-state index in [1.165, 1.54) is 12.1 Å². The molecule has 1 unspecified atom stereocenters. The second-order valence-corrected chi connectivity index (χ2v) is 5.45. The summed E-state index contributed by atoms with van der Waals surface area (Å²) in [7, 11) is 0. The SMILES string of the molecule is CCCCC(N[C@H](CO)C(C)C)c1ccc(F)cc1. The van der Waals surface area contributed by atoms with Crippen LogP contribution >= 0.6 is 0 Å². The molecule has 0 aromatic heterocycles. The molecule has 1 aromatic carbocycles. The van der Waals surface area contributed by atoms with Crippen molar-refractivity contribution in [2.75, 3.05) is 6.61 Å². The fourth-order valence-corrected chi connectivity index (χ4v) is 2.16. The van der Waals surface area contributed by atoms with Crippen LogP contribution in [0.2, 0.25) is 0 Å². The van der Waals surface area contributed by atoms with Gasteiger partial charge < -0.3 is 10.4 Å². The highest BCUT2D eigenvalue weighted by molar-refractivity contribution is 5.20. The highest BCUT2D eigenvalue weighted by Crippen LogP contribution is 2.21. The van der Waals surface area contributed by atoms with E-state index >= 15 is 0 Å². The summed E-state index contributed by atoms with van der Waals surface area (Å²) in [5, 5.41) is 12.9. The van der Waals surface area contributed by atoms with E-state index in [1.54, 1.807) is 0 Å². The molecule has 0 saturated carbocycles. The lowest BCUT2D eigenvalue weighted by molar-refractivity contribution is 0.196. The van der Waals surface area contributed by atoms with Gasteiger partial charge in [0.1, 0.15) is 5.82 Å². The van der Waals surface area contributed by atoms with Crippen molar-refractivity contribution >= 4 is 0 Å². The van der Waals surface area contributed by atoms with E-state index in [-0.39, 0.29) is 24.5 Å². The summed E-state index contributed by atoms with van der Waals surface area (Å²) in [6, 6.07) is 6.92. The lowest BCUT2D eigenvalue weighted by atomic mass is 9.97. The van der Waals surface area contributed by atoms with Crippen molar-refractivity contribution in [3.63, 3.8) is 0 Å². The fraction of sp³-hybridized carbons (Fsp3) is 0.625. The number of nitrogens with one attached hydrogen (secondary N) is 1. The molecule has 0 fully saturated rings. The molecule has 0 aliphatic rings. The molecule has 0 amide bonds. The van der Waals surface area contributed by atoms with Crippen LogP contribution in [0.5, 0.6) is 0 Å². The normalized spacial score (nSPS) is 14.6. The third kappa shape index (κ3) is 5.29. The number of hydrogen-bond donors (Lipinski definition) is 2. The summed E-state index contributed by atoms with van der Waals surface area (Å²) in [5.74, 6) is 0.162. The monoisotopic (exact) mass is 267 g/mol. The highest BCUT2D eigenvalue weighted by Gasteiger charge is 2.18. The van der Waals surface area contributed by atoms with Crippen molar-refractivity contribution in [1.82, 2.24) is 5.32 Å². The van der Waals surface area contributed by atoms with Crippen LogP contribution < -0.4 is 5.32 Å². The van der Waals surface area contributed by atoms with E-state index < -0.39 is 0 Å². The minimum atomic E-state index is -0.208. The molecule has 0 bridgehead atoms. The Hall–Kier alpha value is -0.930. The van der Waals surface area contributed by atoms with E-state index in [2.05, 4.69) is 26.1 Å². The molecule has 0 spiro atoms. The van der Waals surface area contributed by atoms with Gasteiger partial charge in [-0.15, -0.1) is 0 Å². The molecular formula is C16H26FNO. The standard InChI is InChI=1S/C16H26FNO/c1-4-5-6-15(18-16(11-19)12(2)3)13-7-9-14(17)10-8-13/h7-10,12,15-16,18-19H,4-6,11H2,1-3H3/t15?,16-/m1/s1. The van der Waals surface area contributed by atoms with E-state index in [9.17, 15) is 9.50 Å². The van der Waals surface area contributed by atoms with Crippen LogP contribution in [0.4, 0.5) is 4.39 Å². The molecule has 19 heavy (non-hydrogen) atoms. The first-order valence-corrected chi connectivity index (χ1v) is 7.20. The average molecular weight is 267 g/mol. The molecular weight excluding hydrogens is 241 g/mol. The molecule has 0 saturated heterocycles. The Morgan fingerprint density at radius 1 is 1.21 bits per heavy atom. The van der Waals surface area contributed by atoms with Crippen molar-refractivity contribution in [3.05, 3.63) is 35.6 Å². The van der Waals surface area contributed by atoms with Gasteiger partial charge in [-0.2, -0.15) is 0 Å². The zero-order valence-corrected chi connectivity index (χ0v) is 12.2. The van der Waals surface area contributed by atoms with Gasteiger partial charge in [0.15, 0.2) is 0 Å². The summed E-state index contributed by atoms with van der Waals surface area (Å²) < 4.78 is 13.0. The van der Waals surface area contributed by atoms with Gasteiger partial charge >= 0.3 is 0 Å². The second kappa shape index (κ2) is 8.28. The topological polar surface area (TPSA) is 32.3 Å². The Kier molecular flexibility index (Phi) is 7.03. The first kappa shape index (κ1) is 16.1. The fourth-order valence-electron chi connectivity index (χ4n) is 2.16. The molecule has 0 radical (unpaired) electrons. The molecule has 2 N–H and O–H groups in total. The van der Waals surface area contributed by atoms with Crippen LogP contribution in [0.25, 0.3) is 0 Å². The zero-order valence-electron chi connectivity index (χ0n) is 12.2. The Bertz CT molecular complexity index is 350. The second-order valence-electron chi connectivity index (χ2n) is 5.45. The predicted octanol–water partition coefficient (Wildman–Crippen LogP) is 3.66. The van der Waals surface area contributed by atoms with Crippen molar-refractivity contribution in [1.29, 1.82) is 0 Å². The van der Waals surface area contributed by atoms with Crippen LogP contribution in [0.15, 0.2) is 24.3 Å². The van der Waals surface area contributed by atoms with Gasteiger partial charge in [0.25, 0.3) is 0 Å². The zero-order chi connectivity index (χ0) is 14.3. The maximum atomic E-state index is 13.0. The van der Waals surface area contributed by atoms with Gasteiger partial charge in [0, 0.05) is 12.1 Å². The van der Waals surface area contributed by atoms with Gasteiger partial charge in [0.2, 0.25) is 0 Å². The quantitative estimate of drug-likeness (QED) is 0.753. The number of benzene rings is 1. The molecule has 1 aromatic rings. The number of aliphatic hydroxyl groups is 1. The van der Waals surface area contributed by atoms with E-state index in [0.29, 0.717) is 5.92 Å². The van der Waals surface area contributed by atoms with Crippen molar-refractivity contribution < 1.29 is 9.50 Å². The van der Waals surface area contributed by atoms with E-state index in [0.717, 1.165) is 24.8 Å². The van der Waals surface area contributed by atoms with Gasteiger partial charge in [-0.25, -0.2) is 4.39 Å². The van der Waals surface area contributed by atoms with Crippen LogP contribution in [-0.4, -0.2) is 17.8 Å². The molecule has 1 rings (SSSR count). The number of unbranched alkanes of at least 4 members (excludes halogenated alkanes) is 1. The Balaban J connectivity index is 2.78. The molecule has 0 aliphatic heterocycles. The van der Waals surface area contributed by atoms with Crippen LogP contribution in [0.3, 0.4) is 0 Å². The molecule has 0 heterocycles. The van der Waals surface area contributed by atoms with Gasteiger partial charge in [-0.3, -0.25) is 0 Å². The van der Waals surface area contributed by atoms with E-state index in [4.69, 9.17) is 0 Å². The summed E-state index contributed by atoms with van der Waals surface area (Å²) in [4.78, 5) is 0. The number of rotatable bonds is 8. The summed E-state index contributed by atoms with van der Waals surface area (Å²) in [5.41, 5.74) is 1.09. The predicted molar refractivity (Wildman–Crippen MR) is 77.5 cm³/mol. The molecule has 3 heteroatoms. The van der Waals surface area contributed by atoms with Crippen molar-refractivity contribution in [2.24, 2.45) is 5.92 Å². The lowest BCUT2D eigenvalue weighted by Gasteiger charge is -2.27. The van der Waals surface area contributed by atoms with Crippen LogP contribution in [-0.2, 0) is 0 Å². The Labute approximate surface area is 116 Å². The molecule has 2 atom stereocenters. The molecule has 0 aliphatic carbocycles. The van der Waals surface area contributed by atoms with Crippen molar-refractivity contribution in [2.45, 2.75) is 52.1 Å². The third-order valence-corrected chi connectivity index (χ3v) is 3.54. The Morgan fingerprint density at radius 3 is 2.32 bits per heavy atom. The third-order valence-electron chi connectivity index (χ3n) is 3.54. The summed E-state index contributed by atoms with van der Waals surface area (Å²) in [6.07, 6.45) is 3.25.